The average Bonchev–Trinajstić information content (AvgIpc) is 2.66. The quantitative estimate of drug-likeness (QED) is 0.621. The van der Waals surface area contributed by atoms with Crippen LogP contribution in [0, 0.1) is 5.92 Å². The van der Waals surface area contributed by atoms with Crippen LogP contribution >= 0.6 is 0 Å². The molecule has 0 radical (unpaired) electrons. The minimum absolute atomic E-state index is 0.162. The molecule has 1 rings (SSSR count). The first-order chi connectivity index (χ1) is 7.01. The van der Waals surface area contributed by atoms with Crippen LogP contribution in [0.5, 0.6) is 0 Å². The minimum Gasteiger partial charge on any atom is -0.469 e. The molecule has 1 aliphatic rings. The summed E-state index contributed by atoms with van der Waals surface area (Å²) < 4.78 is 28.8. The number of ether oxygens (including phenoxy) is 1. The van der Waals surface area contributed by atoms with Crippen molar-refractivity contribution >= 4 is 16.0 Å². The summed E-state index contributed by atoms with van der Waals surface area (Å²) >= 11 is 0. The molecule has 1 fully saturated rings. The summed E-state index contributed by atoms with van der Waals surface area (Å²) in [7, 11) is -2.12. The van der Waals surface area contributed by atoms with Gasteiger partial charge in [-0.25, -0.2) is 12.7 Å². The predicted octanol–water partition coefficient (Wildman–Crippen LogP) is -1.20. The van der Waals surface area contributed by atoms with E-state index in [0.29, 0.717) is 13.0 Å². The van der Waals surface area contributed by atoms with Crippen LogP contribution in [0.25, 0.3) is 0 Å². The number of sulfonamides is 1. The van der Waals surface area contributed by atoms with Gasteiger partial charge in [0.25, 0.3) is 0 Å². The van der Waals surface area contributed by atoms with Crippen LogP contribution in [0.4, 0.5) is 0 Å². The van der Waals surface area contributed by atoms with Crippen molar-refractivity contribution in [1.82, 2.24) is 4.31 Å². The maximum atomic E-state index is 11.5. The van der Waals surface area contributed by atoms with Crippen LogP contribution in [0.1, 0.15) is 6.42 Å². The zero-order valence-electron chi connectivity index (χ0n) is 8.55. The van der Waals surface area contributed by atoms with E-state index >= 15 is 0 Å². The van der Waals surface area contributed by atoms with E-state index in [0.717, 1.165) is 0 Å². The van der Waals surface area contributed by atoms with Crippen LogP contribution < -0.4 is 0 Å². The number of hydrogen-bond acceptors (Lipinski definition) is 5. The van der Waals surface area contributed by atoms with E-state index in [4.69, 9.17) is 5.11 Å². The average molecular weight is 237 g/mol. The lowest BCUT2D eigenvalue weighted by molar-refractivity contribution is -0.144. The Bertz CT molecular complexity index is 326. The van der Waals surface area contributed by atoms with Gasteiger partial charge in [-0.05, 0) is 6.42 Å². The smallest absolute Gasteiger partial charge is 0.310 e. The zero-order valence-corrected chi connectivity index (χ0v) is 9.37. The molecule has 1 unspecified atom stereocenters. The van der Waals surface area contributed by atoms with Gasteiger partial charge < -0.3 is 9.84 Å². The summed E-state index contributed by atoms with van der Waals surface area (Å²) in [4.78, 5) is 11.2. The van der Waals surface area contributed by atoms with E-state index in [1.165, 1.54) is 11.4 Å². The molecular formula is C8H15NO5S. The molecule has 0 aromatic rings. The van der Waals surface area contributed by atoms with Gasteiger partial charge in [0.05, 0.1) is 25.4 Å². The third kappa shape index (κ3) is 2.90. The summed E-state index contributed by atoms with van der Waals surface area (Å²) in [5, 5.41) is 8.59. The Kier molecular flexibility index (Phi) is 4.06. The van der Waals surface area contributed by atoms with Gasteiger partial charge >= 0.3 is 5.97 Å². The third-order valence-corrected chi connectivity index (χ3v) is 4.25. The fourth-order valence-electron chi connectivity index (χ4n) is 1.58. The summed E-state index contributed by atoms with van der Waals surface area (Å²) in [6.45, 7) is 0.0822. The molecule has 15 heavy (non-hydrogen) atoms. The van der Waals surface area contributed by atoms with Crippen molar-refractivity contribution in [3.8, 4) is 0 Å². The molecule has 1 aliphatic heterocycles. The normalized spacial score (nSPS) is 22.9. The lowest BCUT2D eigenvalue weighted by atomic mass is 10.1. The first-order valence-corrected chi connectivity index (χ1v) is 6.28. The van der Waals surface area contributed by atoms with Crippen molar-refractivity contribution in [2.24, 2.45) is 5.92 Å². The largest absolute Gasteiger partial charge is 0.469 e. The number of nitrogens with zero attached hydrogens (tertiary/aromatic N) is 1. The summed E-state index contributed by atoms with van der Waals surface area (Å²) in [6, 6.07) is 0. The van der Waals surface area contributed by atoms with Gasteiger partial charge in [0, 0.05) is 13.1 Å². The van der Waals surface area contributed by atoms with E-state index in [-0.39, 0.29) is 24.2 Å². The lowest BCUT2D eigenvalue weighted by Crippen LogP contribution is -2.33. The monoisotopic (exact) mass is 237 g/mol. The molecule has 6 nitrogen and oxygen atoms in total. The number of esters is 1. The second-order valence-electron chi connectivity index (χ2n) is 3.41. The van der Waals surface area contributed by atoms with Crippen molar-refractivity contribution in [1.29, 1.82) is 0 Å². The summed E-state index contributed by atoms with van der Waals surface area (Å²) in [5.74, 6) is -1.04. The van der Waals surface area contributed by atoms with Gasteiger partial charge in [-0.2, -0.15) is 0 Å². The molecule has 1 atom stereocenters. The molecule has 1 heterocycles. The maximum Gasteiger partial charge on any atom is 0.310 e. The van der Waals surface area contributed by atoms with E-state index in [1.54, 1.807) is 0 Å². The fourth-order valence-corrected chi connectivity index (χ4v) is 2.86. The SMILES string of the molecule is COC(=O)C1CCN(S(=O)(=O)CCO)C1. The third-order valence-electron chi connectivity index (χ3n) is 2.43. The van der Waals surface area contributed by atoms with Crippen molar-refractivity contribution < 1.29 is 23.1 Å². The second-order valence-corrected chi connectivity index (χ2v) is 5.49. The highest BCUT2D eigenvalue weighted by atomic mass is 32.2. The van der Waals surface area contributed by atoms with Crippen molar-refractivity contribution in [2.45, 2.75) is 6.42 Å². The number of rotatable bonds is 4. The molecular weight excluding hydrogens is 222 g/mol. The summed E-state index contributed by atoms with van der Waals surface area (Å²) in [6.07, 6.45) is 0.483. The van der Waals surface area contributed by atoms with Gasteiger partial charge in [0.2, 0.25) is 10.0 Å². The maximum absolute atomic E-state index is 11.5. The molecule has 0 amide bonds. The van der Waals surface area contributed by atoms with Gasteiger partial charge in [-0.1, -0.05) is 0 Å². The molecule has 0 aromatic heterocycles. The number of methoxy groups -OCH3 is 1. The van der Waals surface area contributed by atoms with Crippen LogP contribution in [0.3, 0.4) is 0 Å². The highest BCUT2D eigenvalue weighted by Gasteiger charge is 2.34. The Balaban J connectivity index is 2.60. The van der Waals surface area contributed by atoms with Gasteiger partial charge in [-0.3, -0.25) is 4.79 Å². The Morgan fingerprint density at radius 3 is 2.80 bits per heavy atom. The number of carbonyl (C=O) groups is 1. The predicted molar refractivity (Wildman–Crippen MR) is 52.6 cm³/mol. The van der Waals surface area contributed by atoms with Crippen LogP contribution in [-0.4, -0.2) is 56.4 Å². The lowest BCUT2D eigenvalue weighted by Gasteiger charge is -2.14. The highest BCUT2D eigenvalue weighted by Crippen LogP contribution is 2.20. The molecule has 0 aromatic carbocycles. The van der Waals surface area contributed by atoms with Crippen LogP contribution in [0.2, 0.25) is 0 Å². The molecule has 1 saturated heterocycles. The van der Waals surface area contributed by atoms with Crippen molar-refractivity contribution in [2.75, 3.05) is 32.6 Å². The molecule has 0 aliphatic carbocycles. The summed E-state index contributed by atoms with van der Waals surface area (Å²) in [5.41, 5.74) is 0. The van der Waals surface area contributed by atoms with E-state index in [1.807, 2.05) is 0 Å². The van der Waals surface area contributed by atoms with E-state index in [9.17, 15) is 13.2 Å². The molecule has 0 bridgehead atoms. The topological polar surface area (TPSA) is 83.9 Å². The number of hydrogen-bond donors (Lipinski definition) is 1. The Morgan fingerprint density at radius 2 is 2.27 bits per heavy atom. The fraction of sp³-hybridized carbons (Fsp3) is 0.875. The highest BCUT2D eigenvalue weighted by molar-refractivity contribution is 7.89. The Morgan fingerprint density at radius 1 is 1.60 bits per heavy atom. The Hall–Kier alpha value is -0.660. The minimum atomic E-state index is -3.41. The Labute approximate surface area is 88.9 Å². The van der Waals surface area contributed by atoms with Crippen LogP contribution in [0.15, 0.2) is 0 Å². The molecule has 7 heteroatoms. The number of aliphatic hydroxyl groups is 1. The molecule has 1 N–H and O–H groups in total. The first-order valence-electron chi connectivity index (χ1n) is 4.67. The number of carbonyl (C=O) groups excluding carboxylic acids is 1. The number of aliphatic hydroxyl groups excluding tert-OH is 1. The zero-order chi connectivity index (χ0) is 11.5. The van der Waals surface area contributed by atoms with Crippen molar-refractivity contribution in [3.63, 3.8) is 0 Å². The van der Waals surface area contributed by atoms with E-state index in [2.05, 4.69) is 4.74 Å². The standard InChI is InChI=1S/C8H15NO5S/c1-14-8(11)7-2-3-9(6-7)15(12,13)5-4-10/h7,10H,2-6H2,1H3. The van der Waals surface area contributed by atoms with E-state index < -0.39 is 16.6 Å². The van der Waals surface area contributed by atoms with Crippen LogP contribution in [-0.2, 0) is 19.6 Å². The van der Waals surface area contributed by atoms with Gasteiger partial charge in [0.1, 0.15) is 0 Å². The molecule has 0 spiro atoms. The van der Waals surface area contributed by atoms with Gasteiger partial charge in [0.15, 0.2) is 0 Å². The molecule has 88 valence electrons. The molecule has 0 saturated carbocycles. The van der Waals surface area contributed by atoms with Gasteiger partial charge in [-0.15, -0.1) is 0 Å². The second kappa shape index (κ2) is 4.91. The van der Waals surface area contributed by atoms with Crippen molar-refractivity contribution in [3.05, 3.63) is 0 Å². The first kappa shape index (κ1) is 12.4.